The molecule has 1 amide bonds. The first-order valence-electron chi connectivity index (χ1n) is 11.5. The average Bonchev–Trinajstić information content (AvgIpc) is 3.28. The van der Waals surface area contributed by atoms with Crippen molar-refractivity contribution in [1.82, 2.24) is 0 Å². The highest BCUT2D eigenvalue weighted by molar-refractivity contribution is 6.04. The minimum atomic E-state index is -0.308. The zero-order chi connectivity index (χ0) is 22.9. The number of nitrogens with one attached hydrogen (secondary N) is 1. The Balaban J connectivity index is 1.55. The van der Waals surface area contributed by atoms with Gasteiger partial charge in [0.25, 0.3) is 5.91 Å². The fourth-order valence-electron chi connectivity index (χ4n) is 5.28. The number of carbonyl (C=O) groups excluding carboxylic acids is 1. The highest BCUT2D eigenvalue weighted by Gasteiger charge is 2.41. The summed E-state index contributed by atoms with van der Waals surface area (Å²) >= 11 is 0. The van der Waals surface area contributed by atoms with Crippen LogP contribution in [0.4, 0.5) is 5.69 Å². The Bertz CT molecular complexity index is 1170. The second-order valence-electron chi connectivity index (χ2n) is 8.71. The summed E-state index contributed by atoms with van der Waals surface area (Å²) in [6.45, 7) is 1.78. The van der Waals surface area contributed by atoms with Gasteiger partial charge < -0.3 is 23.9 Å². The Kier molecular flexibility index (Phi) is 5.85. The number of methoxy groups -OCH3 is 2. The Morgan fingerprint density at radius 1 is 1.00 bits per heavy atom. The zero-order valence-electron chi connectivity index (χ0n) is 19.2. The molecule has 0 saturated heterocycles. The van der Waals surface area contributed by atoms with Crippen LogP contribution in [0.15, 0.2) is 53.1 Å². The monoisotopic (exact) mass is 447 g/mol. The van der Waals surface area contributed by atoms with Gasteiger partial charge in [0.05, 0.1) is 32.2 Å². The second-order valence-corrected chi connectivity index (χ2v) is 8.71. The van der Waals surface area contributed by atoms with E-state index in [4.69, 9.17) is 18.6 Å². The van der Waals surface area contributed by atoms with Crippen molar-refractivity contribution >= 4 is 11.6 Å². The third kappa shape index (κ3) is 3.89. The van der Waals surface area contributed by atoms with E-state index in [0.717, 1.165) is 41.9 Å². The van der Waals surface area contributed by atoms with E-state index in [9.17, 15) is 4.79 Å². The predicted octanol–water partition coefficient (Wildman–Crippen LogP) is 6.00. The fourth-order valence-corrected chi connectivity index (χ4v) is 5.28. The zero-order valence-corrected chi connectivity index (χ0v) is 19.2. The molecule has 0 radical (unpaired) electrons. The van der Waals surface area contributed by atoms with Crippen molar-refractivity contribution < 1.29 is 23.4 Å². The third-order valence-electron chi connectivity index (χ3n) is 6.84. The molecule has 1 aromatic heterocycles. The molecule has 6 nitrogen and oxygen atoms in total. The molecular formula is C27H29NO5. The average molecular weight is 448 g/mol. The SMILES string of the molecule is COc1ccc(OC)c2c1[C@H](c1cccc(NC(=O)c3ccoc3C)c1)O[C@@H]1CCCC[C@@H]21. The molecule has 6 heteroatoms. The first-order chi connectivity index (χ1) is 16.1. The van der Waals surface area contributed by atoms with E-state index < -0.39 is 0 Å². The van der Waals surface area contributed by atoms with Crippen molar-refractivity contribution in [3.63, 3.8) is 0 Å². The van der Waals surface area contributed by atoms with Crippen LogP contribution in [-0.4, -0.2) is 26.2 Å². The van der Waals surface area contributed by atoms with Gasteiger partial charge in [0.2, 0.25) is 0 Å². The van der Waals surface area contributed by atoms with Crippen molar-refractivity contribution in [2.24, 2.45) is 0 Å². The van der Waals surface area contributed by atoms with Gasteiger partial charge in [0, 0.05) is 22.7 Å². The van der Waals surface area contributed by atoms with Gasteiger partial charge in [0.15, 0.2) is 0 Å². The maximum Gasteiger partial charge on any atom is 0.259 e. The van der Waals surface area contributed by atoms with E-state index in [1.807, 2.05) is 36.4 Å². The van der Waals surface area contributed by atoms with Crippen LogP contribution >= 0.6 is 0 Å². The predicted molar refractivity (Wildman–Crippen MR) is 125 cm³/mol. The molecule has 1 aliphatic heterocycles. The van der Waals surface area contributed by atoms with Gasteiger partial charge in [-0.2, -0.15) is 0 Å². The highest BCUT2D eigenvalue weighted by Crippen LogP contribution is 2.53. The summed E-state index contributed by atoms with van der Waals surface area (Å²) in [4.78, 5) is 12.7. The van der Waals surface area contributed by atoms with Crippen molar-refractivity contribution in [1.29, 1.82) is 0 Å². The van der Waals surface area contributed by atoms with Crippen molar-refractivity contribution in [3.8, 4) is 11.5 Å². The van der Waals surface area contributed by atoms with E-state index in [1.165, 1.54) is 18.2 Å². The van der Waals surface area contributed by atoms with Crippen molar-refractivity contribution in [2.45, 2.75) is 50.7 Å². The van der Waals surface area contributed by atoms with Crippen LogP contribution in [0.25, 0.3) is 0 Å². The smallest absolute Gasteiger partial charge is 0.259 e. The fraction of sp³-hybridized carbons (Fsp3) is 0.370. The summed E-state index contributed by atoms with van der Waals surface area (Å²) in [7, 11) is 3.41. The molecule has 5 rings (SSSR count). The standard InChI is InChI=1S/C27H29NO5/c1-16-19(13-14-32-16)27(29)28-18-8-6-7-17(15-18)26-25-23(31-3)12-11-22(30-2)24(25)20-9-4-5-10-21(20)33-26/h6-8,11-15,20-21,26H,4-5,9-10H2,1-3H3,(H,28,29)/t20-,21-,26+/m1/s1. The molecule has 1 saturated carbocycles. The lowest BCUT2D eigenvalue weighted by molar-refractivity contribution is -0.0406. The molecule has 1 aliphatic carbocycles. The van der Waals surface area contributed by atoms with Crippen molar-refractivity contribution in [2.75, 3.05) is 19.5 Å². The number of anilines is 1. The number of rotatable bonds is 5. The van der Waals surface area contributed by atoms with Crippen LogP contribution in [0.2, 0.25) is 0 Å². The molecule has 0 unspecified atom stereocenters. The number of carbonyl (C=O) groups is 1. The van der Waals surface area contributed by atoms with Gasteiger partial charge in [-0.3, -0.25) is 4.79 Å². The molecule has 2 aromatic carbocycles. The summed E-state index contributed by atoms with van der Waals surface area (Å²) < 4.78 is 23.6. The number of fused-ring (bicyclic) bond motifs is 3. The van der Waals surface area contributed by atoms with Gasteiger partial charge in [-0.25, -0.2) is 0 Å². The molecule has 2 aliphatic rings. The number of furan rings is 1. The molecule has 3 atom stereocenters. The van der Waals surface area contributed by atoms with Crippen LogP contribution < -0.4 is 14.8 Å². The molecule has 33 heavy (non-hydrogen) atoms. The van der Waals surface area contributed by atoms with Crippen LogP contribution in [0.3, 0.4) is 0 Å². The van der Waals surface area contributed by atoms with E-state index >= 15 is 0 Å². The molecule has 172 valence electrons. The van der Waals surface area contributed by atoms with Crippen LogP contribution in [0, 0.1) is 6.92 Å². The quantitative estimate of drug-likeness (QED) is 0.519. The van der Waals surface area contributed by atoms with Gasteiger partial charge in [0.1, 0.15) is 23.4 Å². The maximum atomic E-state index is 12.7. The first-order valence-corrected chi connectivity index (χ1v) is 11.5. The summed E-state index contributed by atoms with van der Waals surface area (Å²) in [6.07, 6.45) is 5.79. The minimum Gasteiger partial charge on any atom is -0.496 e. The molecule has 1 N–H and O–H groups in total. The second kappa shape index (κ2) is 8.94. The topological polar surface area (TPSA) is 69.9 Å². The number of hydrogen-bond donors (Lipinski definition) is 1. The molecular weight excluding hydrogens is 418 g/mol. The van der Waals surface area contributed by atoms with E-state index in [2.05, 4.69) is 5.32 Å². The van der Waals surface area contributed by atoms with E-state index in [1.54, 1.807) is 27.2 Å². The maximum absolute atomic E-state index is 12.7. The van der Waals surface area contributed by atoms with E-state index in [-0.39, 0.29) is 18.1 Å². The normalized spacial score (nSPS) is 21.6. The Labute approximate surface area is 193 Å². The van der Waals surface area contributed by atoms with Crippen LogP contribution in [0.1, 0.15) is 70.5 Å². The number of amides is 1. The molecule has 2 heterocycles. The van der Waals surface area contributed by atoms with Gasteiger partial charge in [-0.15, -0.1) is 0 Å². The van der Waals surface area contributed by atoms with E-state index in [0.29, 0.717) is 22.9 Å². The molecule has 0 spiro atoms. The largest absolute Gasteiger partial charge is 0.496 e. The van der Waals surface area contributed by atoms with Gasteiger partial charge in [-0.1, -0.05) is 25.0 Å². The summed E-state index contributed by atoms with van der Waals surface area (Å²) in [5, 5.41) is 2.99. The Hall–Kier alpha value is -3.25. The lowest BCUT2D eigenvalue weighted by Gasteiger charge is -2.42. The van der Waals surface area contributed by atoms with Crippen molar-refractivity contribution in [3.05, 3.63) is 76.7 Å². The summed E-state index contributed by atoms with van der Waals surface area (Å²) in [5.74, 6) is 2.37. The van der Waals surface area contributed by atoms with Gasteiger partial charge in [-0.05, 0) is 55.7 Å². The minimum absolute atomic E-state index is 0.129. The first kappa shape index (κ1) is 21.6. The summed E-state index contributed by atoms with van der Waals surface area (Å²) in [5.41, 5.74) is 4.41. The van der Waals surface area contributed by atoms with Crippen LogP contribution in [0.5, 0.6) is 11.5 Å². The highest BCUT2D eigenvalue weighted by atomic mass is 16.5. The number of benzene rings is 2. The third-order valence-corrected chi connectivity index (χ3v) is 6.84. The lowest BCUT2D eigenvalue weighted by atomic mass is 9.75. The van der Waals surface area contributed by atoms with Gasteiger partial charge >= 0.3 is 0 Å². The number of hydrogen-bond acceptors (Lipinski definition) is 5. The number of ether oxygens (including phenoxy) is 3. The van der Waals surface area contributed by atoms with Crippen LogP contribution in [-0.2, 0) is 4.74 Å². The molecule has 1 fully saturated rings. The Morgan fingerprint density at radius 3 is 2.48 bits per heavy atom. The Morgan fingerprint density at radius 2 is 1.76 bits per heavy atom. The number of aryl methyl sites for hydroxylation is 1. The lowest BCUT2D eigenvalue weighted by Crippen LogP contribution is -2.34. The molecule has 3 aromatic rings. The molecule has 0 bridgehead atoms. The summed E-state index contributed by atoms with van der Waals surface area (Å²) in [6, 6.07) is 13.5.